The Labute approximate surface area is 61.2 Å². The molecule has 0 bridgehead atoms. The molecule has 0 unspecified atom stereocenters. The van der Waals surface area contributed by atoms with Crippen molar-refractivity contribution in [2.75, 3.05) is 6.61 Å². The summed E-state index contributed by atoms with van der Waals surface area (Å²) in [7, 11) is 0. The predicted molar refractivity (Wildman–Crippen MR) is 37.6 cm³/mol. The Morgan fingerprint density at radius 1 is 1.70 bits per heavy atom. The number of hydrogen-bond donors (Lipinski definition) is 0. The van der Waals surface area contributed by atoms with Gasteiger partial charge in [-0.15, -0.1) is 0 Å². The summed E-state index contributed by atoms with van der Waals surface area (Å²) >= 11 is 0. The Kier molecular flexibility index (Phi) is 4.20. The van der Waals surface area contributed by atoms with Gasteiger partial charge in [0.25, 0.3) is 0 Å². The van der Waals surface area contributed by atoms with Gasteiger partial charge < -0.3 is 4.74 Å². The van der Waals surface area contributed by atoms with Crippen LogP contribution in [0.5, 0.6) is 0 Å². The quantitative estimate of drug-likeness (QED) is 0.332. The Balaban J connectivity index is 0. The number of carbonyl (C=O) groups is 2. The number of ketones is 1. The Morgan fingerprint density at radius 2 is 2.30 bits per heavy atom. The number of esters is 1. The fourth-order valence-corrected chi connectivity index (χ4v) is 0.426. The first kappa shape index (κ1) is 8.88. The van der Waals surface area contributed by atoms with Gasteiger partial charge in [0, 0.05) is 0 Å². The van der Waals surface area contributed by atoms with Crippen molar-refractivity contribution < 1.29 is 15.8 Å². The molecule has 0 saturated carbocycles. The van der Waals surface area contributed by atoms with E-state index in [1.54, 1.807) is 6.92 Å². The van der Waals surface area contributed by atoms with Gasteiger partial charge in [-0.2, -0.15) is 0 Å². The maximum atomic E-state index is 10.5. The highest BCUT2D eigenvalue weighted by Gasteiger charge is 2.05. The van der Waals surface area contributed by atoms with Crippen LogP contribution in [-0.4, -0.2) is 18.4 Å². The highest BCUT2D eigenvalue weighted by atomic mass is 16.5. The molecule has 0 atom stereocenters. The first-order valence-electron chi connectivity index (χ1n) is 3.01. The van der Waals surface area contributed by atoms with Gasteiger partial charge in [-0.25, -0.2) is 0 Å². The minimum absolute atomic E-state index is 0. The average Bonchev–Trinajstić information content (AvgIpc) is 1.88. The second-order valence-corrected chi connectivity index (χ2v) is 1.65. The van der Waals surface area contributed by atoms with Crippen LogP contribution in [0.2, 0.25) is 0 Å². The van der Waals surface area contributed by atoms with Crippen molar-refractivity contribution in [2.24, 2.45) is 0 Å². The first-order chi connectivity index (χ1) is 4.70. The van der Waals surface area contributed by atoms with Crippen LogP contribution < -0.4 is 0 Å². The normalized spacial score (nSPS) is 8.50. The summed E-state index contributed by atoms with van der Waals surface area (Å²) in [6, 6.07) is 0. The van der Waals surface area contributed by atoms with Gasteiger partial charge in [0.05, 0.1) is 6.61 Å². The third-order valence-electron chi connectivity index (χ3n) is 0.852. The molecule has 0 saturated heterocycles. The molecule has 0 radical (unpaired) electrons. The van der Waals surface area contributed by atoms with Gasteiger partial charge in [-0.3, -0.25) is 9.59 Å². The average molecular weight is 143 g/mol. The van der Waals surface area contributed by atoms with Crippen molar-refractivity contribution in [3.8, 4) is 0 Å². The number of rotatable bonds is 4. The van der Waals surface area contributed by atoms with Crippen LogP contribution in [0.3, 0.4) is 0 Å². The molecule has 0 fully saturated rings. The van der Waals surface area contributed by atoms with Crippen LogP contribution in [-0.2, 0) is 14.3 Å². The molecule has 0 aromatic heterocycles. The molecule has 0 aromatic carbocycles. The smallest absolute Gasteiger partial charge is 0.466 e. The van der Waals surface area contributed by atoms with Crippen LogP contribution in [0.1, 0.15) is 14.8 Å². The van der Waals surface area contributed by atoms with Crippen molar-refractivity contribution in [2.45, 2.75) is 13.3 Å². The summed E-state index contributed by atoms with van der Waals surface area (Å²) < 4.78 is 4.51. The fraction of sp³-hybridized carbons (Fsp3) is 0.429. The van der Waals surface area contributed by atoms with Crippen molar-refractivity contribution >= 4 is 11.8 Å². The van der Waals surface area contributed by atoms with Gasteiger partial charge in [-0.05, 0) is 13.0 Å². The van der Waals surface area contributed by atoms with E-state index in [0.717, 1.165) is 6.08 Å². The van der Waals surface area contributed by atoms with E-state index in [1.165, 1.54) is 0 Å². The van der Waals surface area contributed by atoms with E-state index < -0.39 is 5.97 Å². The van der Waals surface area contributed by atoms with E-state index in [0.29, 0.717) is 6.61 Å². The lowest BCUT2D eigenvalue weighted by molar-refractivity contribution is -0.144. The first-order valence-corrected chi connectivity index (χ1v) is 3.01. The summed E-state index contributed by atoms with van der Waals surface area (Å²) in [4.78, 5) is 21.0. The highest BCUT2D eigenvalue weighted by molar-refractivity contribution is 6.01. The van der Waals surface area contributed by atoms with Gasteiger partial charge >= 0.3 is 7.40 Å². The van der Waals surface area contributed by atoms with Crippen molar-refractivity contribution in [1.29, 1.82) is 0 Å². The zero-order valence-corrected chi connectivity index (χ0v) is 5.92. The Bertz CT molecular complexity index is 154. The zero-order valence-electron chi connectivity index (χ0n) is 6.92. The maximum Gasteiger partial charge on any atom is 1.00 e. The van der Waals surface area contributed by atoms with E-state index >= 15 is 0 Å². The molecule has 0 aliphatic carbocycles. The van der Waals surface area contributed by atoms with Crippen molar-refractivity contribution in [1.82, 2.24) is 0 Å². The van der Waals surface area contributed by atoms with E-state index in [4.69, 9.17) is 0 Å². The van der Waals surface area contributed by atoms with E-state index in [9.17, 15) is 9.59 Å². The predicted octanol–water partition coefficient (Wildman–Crippen LogP) is 0.807. The lowest BCUT2D eigenvalue weighted by Gasteiger charge is -1.96. The van der Waals surface area contributed by atoms with Gasteiger partial charge in [0.1, 0.15) is 6.42 Å². The molecule has 0 aromatic rings. The second kappa shape index (κ2) is 4.73. The summed E-state index contributed by atoms with van der Waals surface area (Å²) in [6.45, 7) is 5.22. The van der Waals surface area contributed by atoms with E-state index in [1.807, 2.05) is 0 Å². The minimum atomic E-state index is -0.493. The topological polar surface area (TPSA) is 43.4 Å². The van der Waals surface area contributed by atoms with Crippen LogP contribution in [0.4, 0.5) is 0 Å². The molecular formula is C7H11O3+. The summed E-state index contributed by atoms with van der Waals surface area (Å²) in [5.74, 6) is -0.800. The molecule has 0 aliphatic heterocycles. The molecular weight excluding hydrogens is 132 g/mol. The summed E-state index contributed by atoms with van der Waals surface area (Å²) in [5, 5.41) is 0. The molecule has 0 amide bonds. The summed E-state index contributed by atoms with van der Waals surface area (Å²) in [5.41, 5.74) is 0. The molecule has 56 valence electrons. The molecule has 0 heterocycles. The van der Waals surface area contributed by atoms with Crippen molar-refractivity contribution in [3.05, 3.63) is 12.7 Å². The minimum Gasteiger partial charge on any atom is -0.466 e. The highest BCUT2D eigenvalue weighted by Crippen LogP contribution is 1.88. The fourth-order valence-electron chi connectivity index (χ4n) is 0.426. The summed E-state index contributed by atoms with van der Waals surface area (Å²) in [6.07, 6.45) is 0.911. The van der Waals surface area contributed by atoms with Crippen LogP contribution >= 0.6 is 0 Å². The molecule has 0 spiro atoms. The third-order valence-corrected chi connectivity index (χ3v) is 0.852. The Morgan fingerprint density at radius 3 is 2.70 bits per heavy atom. The van der Waals surface area contributed by atoms with Crippen LogP contribution in [0.25, 0.3) is 0 Å². The number of ether oxygens (including phenoxy) is 1. The molecule has 3 heteroatoms. The van der Waals surface area contributed by atoms with Crippen LogP contribution in [0, 0.1) is 0 Å². The second-order valence-electron chi connectivity index (χ2n) is 1.65. The third kappa shape index (κ3) is 3.83. The van der Waals surface area contributed by atoms with E-state index in [2.05, 4.69) is 11.3 Å². The number of carbonyl (C=O) groups excluding carboxylic acids is 2. The van der Waals surface area contributed by atoms with Gasteiger partial charge in [0.2, 0.25) is 0 Å². The van der Waals surface area contributed by atoms with Crippen LogP contribution in [0.15, 0.2) is 12.7 Å². The molecule has 10 heavy (non-hydrogen) atoms. The van der Waals surface area contributed by atoms with Crippen molar-refractivity contribution in [3.63, 3.8) is 0 Å². The molecule has 0 aliphatic rings. The molecule has 0 rings (SSSR count). The van der Waals surface area contributed by atoms with Gasteiger partial charge in [0.15, 0.2) is 5.78 Å². The lowest BCUT2D eigenvalue weighted by atomic mass is 10.3. The van der Waals surface area contributed by atoms with E-state index in [-0.39, 0.29) is 13.6 Å². The lowest BCUT2D eigenvalue weighted by Crippen LogP contribution is -2.08. The molecule has 0 N–H and O–H groups in total. The standard InChI is InChI=1S/C7H10O3/c1-3-6(8)5-7(9)10-4-2/h3H,1,4-5H2,2H3/p+1. The largest absolute Gasteiger partial charge is 1.00 e. The maximum absolute atomic E-state index is 10.5. The number of allylic oxidation sites excluding steroid dienone is 1. The molecule has 3 nitrogen and oxygen atoms in total. The zero-order chi connectivity index (χ0) is 7.98. The van der Waals surface area contributed by atoms with Gasteiger partial charge in [-0.1, -0.05) is 6.58 Å². The Hall–Kier alpha value is -1.12. The SMILES string of the molecule is C=CC(=O)CC(=O)OCC.[H+]. The number of hydrogen-bond acceptors (Lipinski definition) is 3. The monoisotopic (exact) mass is 143 g/mol.